The van der Waals surface area contributed by atoms with Crippen LogP contribution in [0.5, 0.6) is 0 Å². The molecule has 0 fully saturated rings. The number of imidazole rings is 1. The first-order chi connectivity index (χ1) is 17.9. The molecular weight excluding hydrogens is 480 g/mol. The molecule has 188 valence electrons. The van der Waals surface area contributed by atoms with Crippen molar-refractivity contribution in [1.82, 2.24) is 19.4 Å². The summed E-state index contributed by atoms with van der Waals surface area (Å²) < 4.78 is 36.8. The molecule has 4 aromatic rings. The summed E-state index contributed by atoms with van der Waals surface area (Å²) >= 11 is 0. The van der Waals surface area contributed by atoms with Gasteiger partial charge in [-0.2, -0.15) is 0 Å². The molecule has 0 saturated carbocycles. The number of carbonyl (C=O) groups excluding carboxylic acids is 2. The van der Waals surface area contributed by atoms with Crippen LogP contribution in [0.1, 0.15) is 34.5 Å². The van der Waals surface area contributed by atoms with Gasteiger partial charge in [0.25, 0.3) is 5.91 Å². The molecule has 0 spiro atoms. The fourth-order valence-electron chi connectivity index (χ4n) is 5.03. The lowest BCUT2D eigenvalue weighted by Gasteiger charge is -2.23. The third kappa shape index (κ3) is 4.24. The number of rotatable bonds is 5. The number of amides is 1. The minimum atomic E-state index is -0.409. The average molecular weight is 504 g/mol. The number of hydrogen-bond acceptors (Lipinski definition) is 5. The second-order valence-electron chi connectivity index (χ2n) is 9.18. The highest BCUT2D eigenvalue weighted by atomic mass is 19.1. The number of esters is 1. The monoisotopic (exact) mass is 503 g/mol. The van der Waals surface area contributed by atoms with Crippen molar-refractivity contribution in [2.45, 2.75) is 32.5 Å². The SMILES string of the molecule is CC(=O)OC1CNc2c(nc3n2CC=C3NC(=O)c2cc3cc(F)ccc3n2Cc2cccc(F)c2)C1. The van der Waals surface area contributed by atoms with E-state index in [1.807, 2.05) is 10.6 Å². The van der Waals surface area contributed by atoms with Crippen LogP contribution in [0.4, 0.5) is 14.6 Å². The lowest BCUT2D eigenvalue weighted by atomic mass is 10.1. The number of nitrogens with zero attached hydrogens (tertiary/aromatic N) is 3. The number of aromatic nitrogens is 3. The molecule has 1 amide bonds. The maximum absolute atomic E-state index is 13.9. The van der Waals surface area contributed by atoms with Crippen LogP contribution in [0.3, 0.4) is 0 Å². The molecule has 10 heteroatoms. The van der Waals surface area contributed by atoms with Crippen molar-refractivity contribution in [3.05, 3.63) is 89.0 Å². The Morgan fingerprint density at radius 2 is 2.00 bits per heavy atom. The van der Waals surface area contributed by atoms with Gasteiger partial charge in [-0.1, -0.05) is 12.1 Å². The Hall–Kier alpha value is -4.47. The normalized spacial score (nSPS) is 16.1. The first-order valence-electron chi connectivity index (χ1n) is 11.9. The van der Waals surface area contributed by atoms with Gasteiger partial charge < -0.3 is 24.5 Å². The lowest BCUT2D eigenvalue weighted by Crippen LogP contribution is -2.32. The van der Waals surface area contributed by atoms with Gasteiger partial charge in [0.15, 0.2) is 5.82 Å². The van der Waals surface area contributed by atoms with Gasteiger partial charge in [-0.05, 0) is 48.0 Å². The number of ether oxygens (including phenoxy) is 1. The Kier molecular flexibility index (Phi) is 5.51. The van der Waals surface area contributed by atoms with Gasteiger partial charge in [0, 0.05) is 37.3 Å². The third-order valence-electron chi connectivity index (χ3n) is 6.58. The summed E-state index contributed by atoms with van der Waals surface area (Å²) in [6.07, 6.45) is 2.05. The molecule has 2 aliphatic heterocycles. The Balaban J connectivity index is 1.29. The quantitative estimate of drug-likeness (QED) is 0.404. The molecule has 0 bridgehead atoms. The van der Waals surface area contributed by atoms with Crippen molar-refractivity contribution in [3.8, 4) is 0 Å². The Morgan fingerprint density at radius 3 is 2.81 bits per heavy atom. The molecule has 2 N–H and O–H groups in total. The predicted molar refractivity (Wildman–Crippen MR) is 133 cm³/mol. The van der Waals surface area contributed by atoms with Crippen molar-refractivity contribution < 1.29 is 23.1 Å². The summed E-state index contributed by atoms with van der Waals surface area (Å²) in [4.78, 5) is 29.5. The van der Waals surface area contributed by atoms with Gasteiger partial charge in [0.05, 0.1) is 17.9 Å². The highest BCUT2D eigenvalue weighted by Crippen LogP contribution is 2.31. The van der Waals surface area contributed by atoms with Crippen LogP contribution < -0.4 is 10.6 Å². The average Bonchev–Trinajstić information content (AvgIpc) is 3.51. The summed E-state index contributed by atoms with van der Waals surface area (Å²) in [6.45, 7) is 2.62. The molecule has 8 nitrogen and oxygen atoms in total. The zero-order chi connectivity index (χ0) is 25.7. The smallest absolute Gasteiger partial charge is 0.302 e. The number of hydrogen-bond donors (Lipinski definition) is 2. The van der Waals surface area contributed by atoms with E-state index in [2.05, 4.69) is 10.6 Å². The molecule has 2 aromatic heterocycles. The number of benzene rings is 2. The van der Waals surface area contributed by atoms with Crippen LogP contribution in [0.2, 0.25) is 0 Å². The molecule has 4 heterocycles. The minimum Gasteiger partial charge on any atom is -0.460 e. The topological polar surface area (TPSA) is 90.2 Å². The summed E-state index contributed by atoms with van der Waals surface area (Å²) in [5, 5.41) is 6.80. The van der Waals surface area contributed by atoms with Gasteiger partial charge in [-0.15, -0.1) is 0 Å². The molecule has 0 radical (unpaired) electrons. The Bertz CT molecular complexity index is 1600. The predicted octanol–water partition coefficient (Wildman–Crippen LogP) is 3.85. The second-order valence-corrected chi connectivity index (χ2v) is 9.18. The zero-order valence-electron chi connectivity index (χ0n) is 19.9. The first kappa shape index (κ1) is 23.0. The molecule has 2 aromatic carbocycles. The van der Waals surface area contributed by atoms with Crippen molar-refractivity contribution in [1.29, 1.82) is 0 Å². The van der Waals surface area contributed by atoms with Crippen LogP contribution in [0.25, 0.3) is 16.6 Å². The Labute approximate surface area is 210 Å². The highest BCUT2D eigenvalue weighted by Gasteiger charge is 2.30. The van der Waals surface area contributed by atoms with E-state index in [1.54, 1.807) is 28.8 Å². The standard InChI is InChI=1S/C27H23F2N5O3/c1-15(35)37-20-12-22-25(30-13-20)33-8-7-21(26(33)31-22)32-27(36)24-11-17-10-19(29)5-6-23(17)34(24)14-16-3-2-4-18(28)9-16/h2-7,9-11,20,30H,8,12-14H2,1H3,(H,32,36). The van der Waals surface area contributed by atoms with E-state index in [4.69, 9.17) is 9.72 Å². The summed E-state index contributed by atoms with van der Waals surface area (Å²) in [7, 11) is 0. The first-order valence-corrected chi connectivity index (χ1v) is 11.9. The van der Waals surface area contributed by atoms with Crippen molar-refractivity contribution in [3.63, 3.8) is 0 Å². The van der Waals surface area contributed by atoms with Gasteiger partial charge in [0.2, 0.25) is 0 Å². The van der Waals surface area contributed by atoms with Crippen molar-refractivity contribution >= 4 is 34.3 Å². The summed E-state index contributed by atoms with van der Waals surface area (Å²) in [6, 6.07) is 12.1. The number of fused-ring (bicyclic) bond motifs is 4. The number of halogens is 2. The molecule has 0 aliphatic carbocycles. The van der Waals surface area contributed by atoms with Crippen LogP contribution >= 0.6 is 0 Å². The molecule has 37 heavy (non-hydrogen) atoms. The van der Waals surface area contributed by atoms with Gasteiger partial charge in [-0.25, -0.2) is 13.8 Å². The molecule has 6 rings (SSSR count). The fraction of sp³-hybridized carbons (Fsp3) is 0.222. The van der Waals surface area contributed by atoms with Crippen LogP contribution in [0.15, 0.2) is 54.6 Å². The van der Waals surface area contributed by atoms with Crippen molar-refractivity contribution in [2.24, 2.45) is 0 Å². The number of nitrogens with one attached hydrogen (secondary N) is 2. The molecule has 1 unspecified atom stereocenters. The minimum absolute atomic E-state index is 0.235. The maximum atomic E-state index is 13.9. The fourth-order valence-corrected chi connectivity index (χ4v) is 5.03. The third-order valence-corrected chi connectivity index (χ3v) is 6.58. The summed E-state index contributed by atoms with van der Waals surface area (Å²) in [5.41, 5.74) is 2.97. The Morgan fingerprint density at radius 1 is 1.16 bits per heavy atom. The van der Waals surface area contributed by atoms with Gasteiger partial charge in [-0.3, -0.25) is 9.59 Å². The molecular formula is C27H23F2N5O3. The number of carbonyl (C=O) groups is 2. The number of allylic oxidation sites excluding steroid dienone is 1. The largest absolute Gasteiger partial charge is 0.460 e. The van der Waals surface area contributed by atoms with Gasteiger partial charge >= 0.3 is 5.97 Å². The van der Waals surface area contributed by atoms with E-state index in [9.17, 15) is 18.4 Å². The van der Waals surface area contributed by atoms with E-state index in [0.29, 0.717) is 53.2 Å². The van der Waals surface area contributed by atoms with Gasteiger partial charge in [0.1, 0.15) is 29.3 Å². The highest BCUT2D eigenvalue weighted by molar-refractivity contribution is 6.02. The van der Waals surface area contributed by atoms with E-state index < -0.39 is 5.82 Å². The molecule has 2 aliphatic rings. The van der Waals surface area contributed by atoms with E-state index in [-0.39, 0.29) is 30.3 Å². The van der Waals surface area contributed by atoms with Crippen LogP contribution in [-0.4, -0.2) is 38.6 Å². The molecule has 1 atom stereocenters. The summed E-state index contributed by atoms with van der Waals surface area (Å²) in [5.74, 6) is -0.0685. The van der Waals surface area contributed by atoms with Crippen LogP contribution in [0, 0.1) is 11.6 Å². The maximum Gasteiger partial charge on any atom is 0.302 e. The van der Waals surface area contributed by atoms with E-state index in [1.165, 1.54) is 31.2 Å². The van der Waals surface area contributed by atoms with E-state index in [0.717, 1.165) is 11.5 Å². The van der Waals surface area contributed by atoms with Crippen LogP contribution in [-0.2, 0) is 29.0 Å². The van der Waals surface area contributed by atoms with Crippen molar-refractivity contribution in [2.75, 3.05) is 11.9 Å². The lowest BCUT2D eigenvalue weighted by molar-refractivity contribution is -0.145. The zero-order valence-corrected chi connectivity index (χ0v) is 19.9. The number of anilines is 1. The van der Waals surface area contributed by atoms with E-state index >= 15 is 0 Å². The molecule has 0 saturated heterocycles. The second kappa shape index (κ2) is 8.88.